The predicted molar refractivity (Wildman–Crippen MR) is 83.3 cm³/mol. The number of alkyl halides is 3. The summed E-state index contributed by atoms with van der Waals surface area (Å²) in [7, 11) is 1.52. The molecule has 2 N–H and O–H groups in total. The van der Waals surface area contributed by atoms with Crippen LogP contribution in [0.5, 0.6) is 17.2 Å². The van der Waals surface area contributed by atoms with Gasteiger partial charge in [-0.15, -0.1) is 13.2 Å². The number of ether oxygens (including phenoxy) is 3. The first-order chi connectivity index (χ1) is 11.3. The zero-order valence-corrected chi connectivity index (χ0v) is 13.3. The first kappa shape index (κ1) is 17.9. The van der Waals surface area contributed by atoms with Gasteiger partial charge in [0.1, 0.15) is 5.75 Å². The van der Waals surface area contributed by atoms with E-state index >= 15 is 0 Å². The summed E-state index contributed by atoms with van der Waals surface area (Å²) >= 11 is 0. The second-order valence-corrected chi connectivity index (χ2v) is 4.94. The van der Waals surface area contributed by atoms with Gasteiger partial charge in [0, 0.05) is 0 Å². The highest BCUT2D eigenvalue weighted by molar-refractivity contribution is 5.46. The predicted octanol–water partition coefficient (Wildman–Crippen LogP) is 4.04. The number of halogens is 3. The van der Waals surface area contributed by atoms with Crippen LogP contribution in [0.2, 0.25) is 0 Å². The SMILES string of the molecule is CCOc1ccc([C@H](N)c2ccc(OC(F)(F)F)cc2)cc1OC. The van der Waals surface area contributed by atoms with Gasteiger partial charge in [0.05, 0.1) is 19.8 Å². The summed E-state index contributed by atoms with van der Waals surface area (Å²) in [5.41, 5.74) is 7.58. The molecule has 0 aliphatic rings. The van der Waals surface area contributed by atoms with E-state index in [9.17, 15) is 13.2 Å². The van der Waals surface area contributed by atoms with E-state index in [1.54, 1.807) is 18.2 Å². The Morgan fingerprint density at radius 3 is 2.17 bits per heavy atom. The molecule has 24 heavy (non-hydrogen) atoms. The van der Waals surface area contributed by atoms with Crippen molar-refractivity contribution in [3.05, 3.63) is 53.6 Å². The Morgan fingerprint density at radius 1 is 1.00 bits per heavy atom. The second kappa shape index (κ2) is 7.44. The van der Waals surface area contributed by atoms with Gasteiger partial charge in [0.25, 0.3) is 0 Å². The molecule has 0 fully saturated rings. The first-order valence-corrected chi connectivity index (χ1v) is 7.26. The van der Waals surface area contributed by atoms with Crippen LogP contribution in [0.15, 0.2) is 42.5 Å². The third kappa shape index (κ3) is 4.55. The minimum Gasteiger partial charge on any atom is -0.493 e. The normalized spacial score (nSPS) is 12.6. The molecule has 130 valence electrons. The Hall–Kier alpha value is -2.41. The lowest BCUT2D eigenvalue weighted by molar-refractivity contribution is -0.274. The van der Waals surface area contributed by atoms with Crippen LogP contribution in [0.4, 0.5) is 13.2 Å². The van der Waals surface area contributed by atoms with E-state index in [-0.39, 0.29) is 5.75 Å². The van der Waals surface area contributed by atoms with E-state index in [1.165, 1.54) is 31.4 Å². The number of methoxy groups -OCH3 is 1. The lowest BCUT2D eigenvalue weighted by Crippen LogP contribution is -2.17. The molecule has 0 saturated heterocycles. The quantitative estimate of drug-likeness (QED) is 0.861. The smallest absolute Gasteiger partial charge is 0.493 e. The summed E-state index contributed by atoms with van der Waals surface area (Å²) in [6, 6.07) is 10.2. The summed E-state index contributed by atoms with van der Waals surface area (Å²) in [6.45, 7) is 2.37. The summed E-state index contributed by atoms with van der Waals surface area (Å²) in [5, 5.41) is 0. The average Bonchev–Trinajstić information content (AvgIpc) is 2.54. The molecule has 1 atom stereocenters. The Morgan fingerprint density at radius 2 is 1.62 bits per heavy atom. The van der Waals surface area contributed by atoms with Gasteiger partial charge < -0.3 is 19.9 Å². The van der Waals surface area contributed by atoms with Crippen LogP contribution in [-0.2, 0) is 0 Å². The molecule has 0 bridgehead atoms. The molecule has 7 heteroatoms. The molecule has 0 radical (unpaired) electrons. The second-order valence-electron chi connectivity index (χ2n) is 4.94. The number of rotatable bonds is 6. The highest BCUT2D eigenvalue weighted by Crippen LogP contribution is 2.32. The van der Waals surface area contributed by atoms with Gasteiger partial charge in [-0.05, 0) is 42.3 Å². The van der Waals surface area contributed by atoms with E-state index in [0.717, 1.165) is 5.56 Å². The van der Waals surface area contributed by atoms with Crippen LogP contribution in [0.3, 0.4) is 0 Å². The molecule has 0 aromatic heterocycles. The van der Waals surface area contributed by atoms with Gasteiger partial charge in [-0.2, -0.15) is 0 Å². The average molecular weight is 341 g/mol. The molecule has 0 aliphatic carbocycles. The Labute approximate surface area is 137 Å². The van der Waals surface area contributed by atoms with Gasteiger partial charge in [0.15, 0.2) is 11.5 Å². The minimum absolute atomic E-state index is 0.289. The summed E-state index contributed by atoms with van der Waals surface area (Å²) in [6.07, 6.45) is -4.72. The van der Waals surface area contributed by atoms with Gasteiger partial charge in [-0.25, -0.2) is 0 Å². The van der Waals surface area contributed by atoms with Crippen molar-refractivity contribution in [1.29, 1.82) is 0 Å². The van der Waals surface area contributed by atoms with Crippen LogP contribution in [0, 0.1) is 0 Å². The lowest BCUT2D eigenvalue weighted by atomic mass is 9.99. The maximum atomic E-state index is 12.2. The molecule has 0 amide bonds. The maximum absolute atomic E-state index is 12.2. The lowest BCUT2D eigenvalue weighted by Gasteiger charge is -2.16. The minimum atomic E-state index is -4.72. The molecule has 0 heterocycles. The molecule has 0 spiro atoms. The van der Waals surface area contributed by atoms with E-state index in [4.69, 9.17) is 15.2 Å². The zero-order chi connectivity index (χ0) is 17.7. The third-order valence-corrected chi connectivity index (χ3v) is 3.32. The maximum Gasteiger partial charge on any atom is 0.573 e. The van der Waals surface area contributed by atoms with Crippen molar-refractivity contribution >= 4 is 0 Å². The molecule has 0 aliphatic heterocycles. The monoisotopic (exact) mass is 341 g/mol. The zero-order valence-electron chi connectivity index (χ0n) is 13.3. The summed E-state index contributed by atoms with van der Waals surface area (Å²) in [4.78, 5) is 0. The molecule has 2 aromatic rings. The van der Waals surface area contributed by atoms with Crippen molar-refractivity contribution in [3.8, 4) is 17.2 Å². The molecule has 2 aromatic carbocycles. The highest BCUT2D eigenvalue weighted by atomic mass is 19.4. The molecular formula is C17H18F3NO3. The Balaban J connectivity index is 2.20. The van der Waals surface area contributed by atoms with Crippen LogP contribution < -0.4 is 19.9 Å². The standard InChI is InChI=1S/C17H18F3NO3/c1-3-23-14-9-6-12(10-15(14)22-2)16(21)11-4-7-13(8-5-11)24-17(18,19)20/h4-10,16H,3,21H2,1-2H3/t16-/m1/s1. The van der Waals surface area contributed by atoms with Crippen molar-refractivity contribution in [2.75, 3.05) is 13.7 Å². The molecule has 2 rings (SSSR count). The molecule has 0 unspecified atom stereocenters. The molecule has 4 nitrogen and oxygen atoms in total. The Kier molecular flexibility index (Phi) is 5.56. The number of hydrogen-bond acceptors (Lipinski definition) is 4. The van der Waals surface area contributed by atoms with Crippen LogP contribution in [0.1, 0.15) is 24.1 Å². The largest absolute Gasteiger partial charge is 0.573 e. The first-order valence-electron chi connectivity index (χ1n) is 7.26. The highest BCUT2D eigenvalue weighted by Gasteiger charge is 2.31. The van der Waals surface area contributed by atoms with Crippen molar-refractivity contribution in [1.82, 2.24) is 0 Å². The van der Waals surface area contributed by atoms with Crippen molar-refractivity contribution in [2.24, 2.45) is 5.73 Å². The summed E-state index contributed by atoms with van der Waals surface area (Å²) in [5.74, 6) is 0.856. The fraction of sp³-hybridized carbons (Fsp3) is 0.294. The van der Waals surface area contributed by atoms with Crippen molar-refractivity contribution in [2.45, 2.75) is 19.3 Å². The van der Waals surface area contributed by atoms with Gasteiger partial charge in [-0.3, -0.25) is 0 Å². The van der Waals surface area contributed by atoms with Gasteiger partial charge in [-0.1, -0.05) is 18.2 Å². The molecular weight excluding hydrogens is 323 g/mol. The fourth-order valence-electron chi connectivity index (χ4n) is 2.22. The third-order valence-electron chi connectivity index (χ3n) is 3.32. The number of hydrogen-bond donors (Lipinski definition) is 1. The van der Waals surface area contributed by atoms with E-state index in [0.29, 0.717) is 23.7 Å². The van der Waals surface area contributed by atoms with Crippen LogP contribution in [-0.4, -0.2) is 20.1 Å². The van der Waals surface area contributed by atoms with Crippen LogP contribution in [0.25, 0.3) is 0 Å². The van der Waals surface area contributed by atoms with E-state index < -0.39 is 12.4 Å². The van der Waals surface area contributed by atoms with E-state index in [2.05, 4.69) is 4.74 Å². The topological polar surface area (TPSA) is 53.7 Å². The van der Waals surface area contributed by atoms with Gasteiger partial charge in [0.2, 0.25) is 0 Å². The van der Waals surface area contributed by atoms with Crippen molar-refractivity contribution < 1.29 is 27.4 Å². The van der Waals surface area contributed by atoms with Crippen LogP contribution >= 0.6 is 0 Å². The fourth-order valence-corrected chi connectivity index (χ4v) is 2.22. The van der Waals surface area contributed by atoms with E-state index in [1.807, 2.05) is 6.92 Å². The summed E-state index contributed by atoms with van der Waals surface area (Å²) < 4.78 is 51.1. The van der Waals surface area contributed by atoms with Crippen molar-refractivity contribution in [3.63, 3.8) is 0 Å². The molecule has 0 saturated carbocycles. The number of benzene rings is 2. The number of nitrogens with two attached hydrogens (primary N) is 1. The van der Waals surface area contributed by atoms with Gasteiger partial charge >= 0.3 is 6.36 Å². The Bertz CT molecular complexity index is 672.